The van der Waals surface area contributed by atoms with Gasteiger partial charge in [0, 0.05) is 19.5 Å². The molecule has 0 saturated carbocycles. The molecule has 3 N–H and O–H groups in total. The van der Waals surface area contributed by atoms with Gasteiger partial charge in [-0.3, -0.25) is 19.6 Å². The molecule has 0 aliphatic heterocycles. The molecule has 3 aromatic rings. The zero-order chi connectivity index (χ0) is 24.2. The first-order chi connectivity index (χ1) is 16.4. The van der Waals surface area contributed by atoms with Gasteiger partial charge in [0.1, 0.15) is 18.0 Å². The van der Waals surface area contributed by atoms with Gasteiger partial charge in [-0.25, -0.2) is 4.79 Å². The van der Waals surface area contributed by atoms with E-state index < -0.39 is 23.9 Å². The number of anilines is 1. The van der Waals surface area contributed by atoms with E-state index in [1.807, 2.05) is 36.4 Å². The van der Waals surface area contributed by atoms with Gasteiger partial charge in [-0.1, -0.05) is 55.5 Å². The van der Waals surface area contributed by atoms with Crippen LogP contribution >= 0.6 is 0 Å². The Morgan fingerprint density at radius 2 is 1.71 bits per heavy atom. The van der Waals surface area contributed by atoms with Crippen LogP contribution in [0.2, 0.25) is 0 Å². The first-order valence-corrected chi connectivity index (χ1v) is 11.1. The fourth-order valence-corrected chi connectivity index (χ4v) is 4.20. The third kappa shape index (κ3) is 4.50. The molecule has 0 saturated heterocycles. The van der Waals surface area contributed by atoms with Crippen molar-refractivity contribution < 1.29 is 24.2 Å². The first kappa shape index (κ1) is 23.0. The number of aryl methyl sites for hydroxylation is 1. The molecule has 0 fully saturated rings. The minimum Gasteiger partial charge on any atom is -0.481 e. The minimum atomic E-state index is -0.981. The number of hydrogen-bond acceptors (Lipinski definition) is 5. The van der Waals surface area contributed by atoms with Crippen LogP contribution in [-0.2, 0) is 16.6 Å². The predicted octanol–water partition coefficient (Wildman–Crippen LogP) is 3.62. The van der Waals surface area contributed by atoms with Crippen LogP contribution in [0.15, 0.2) is 54.7 Å². The summed E-state index contributed by atoms with van der Waals surface area (Å²) >= 11 is 0. The molecule has 0 spiro atoms. The molecule has 1 aromatic heterocycles. The number of aliphatic carboxylic acids is 1. The van der Waals surface area contributed by atoms with E-state index in [1.54, 1.807) is 14.0 Å². The van der Waals surface area contributed by atoms with Crippen molar-refractivity contribution in [2.24, 2.45) is 13.0 Å². The molecular formula is C25H26N4O5. The van der Waals surface area contributed by atoms with E-state index in [1.165, 1.54) is 10.9 Å². The number of nitrogens with zero attached hydrogens (tertiary/aromatic N) is 2. The Morgan fingerprint density at radius 3 is 2.29 bits per heavy atom. The minimum absolute atomic E-state index is 0.0239. The van der Waals surface area contributed by atoms with Gasteiger partial charge in [-0.2, -0.15) is 5.10 Å². The van der Waals surface area contributed by atoms with Gasteiger partial charge in [0.25, 0.3) is 5.91 Å². The van der Waals surface area contributed by atoms with Gasteiger partial charge >= 0.3 is 12.1 Å². The highest BCUT2D eigenvalue weighted by molar-refractivity contribution is 6.01. The van der Waals surface area contributed by atoms with E-state index in [-0.39, 0.29) is 30.5 Å². The number of carbonyl (C=O) groups excluding carboxylic acids is 2. The average Bonchev–Trinajstić information content (AvgIpc) is 3.35. The molecule has 2 aromatic carbocycles. The lowest BCUT2D eigenvalue weighted by Crippen LogP contribution is -2.33. The number of nitrogens with one attached hydrogen (secondary N) is 2. The number of fused-ring (bicyclic) bond motifs is 3. The van der Waals surface area contributed by atoms with Crippen LogP contribution < -0.4 is 10.6 Å². The highest BCUT2D eigenvalue weighted by Crippen LogP contribution is 2.44. The fraction of sp³-hybridized carbons (Fsp3) is 0.280. The summed E-state index contributed by atoms with van der Waals surface area (Å²) in [5.41, 5.74) is 4.58. The number of hydrogen-bond donors (Lipinski definition) is 3. The largest absolute Gasteiger partial charge is 0.481 e. The molecule has 0 radical (unpaired) electrons. The van der Waals surface area contributed by atoms with Crippen molar-refractivity contribution in [2.75, 3.05) is 18.5 Å². The van der Waals surface area contributed by atoms with E-state index >= 15 is 0 Å². The Hall–Kier alpha value is -4.14. The van der Waals surface area contributed by atoms with Gasteiger partial charge in [0.15, 0.2) is 0 Å². The molecule has 176 valence electrons. The van der Waals surface area contributed by atoms with Gasteiger partial charge in [0.05, 0.1) is 12.1 Å². The lowest BCUT2D eigenvalue weighted by Gasteiger charge is -2.15. The Morgan fingerprint density at radius 1 is 1.09 bits per heavy atom. The van der Waals surface area contributed by atoms with Crippen molar-refractivity contribution in [3.63, 3.8) is 0 Å². The number of ether oxygens (including phenoxy) is 1. The molecule has 34 heavy (non-hydrogen) atoms. The van der Waals surface area contributed by atoms with Crippen molar-refractivity contribution >= 4 is 23.8 Å². The molecule has 1 aliphatic carbocycles. The summed E-state index contributed by atoms with van der Waals surface area (Å²) in [6, 6.07) is 16.1. The van der Waals surface area contributed by atoms with E-state index in [2.05, 4.69) is 27.9 Å². The number of benzene rings is 2. The first-order valence-electron chi connectivity index (χ1n) is 11.1. The zero-order valence-electron chi connectivity index (χ0n) is 18.9. The van der Waals surface area contributed by atoms with E-state index in [0.29, 0.717) is 6.42 Å². The van der Waals surface area contributed by atoms with Gasteiger partial charge in [0.2, 0.25) is 0 Å². The summed E-state index contributed by atoms with van der Waals surface area (Å²) in [6.45, 7) is 1.85. The molecule has 1 atom stereocenters. The molecule has 4 rings (SSSR count). The van der Waals surface area contributed by atoms with Crippen LogP contribution in [-0.4, -0.2) is 46.0 Å². The Bertz CT molecular complexity index is 1190. The average molecular weight is 463 g/mol. The third-order valence-corrected chi connectivity index (χ3v) is 6.10. The normalized spacial score (nSPS) is 13.0. The molecule has 1 aliphatic rings. The van der Waals surface area contributed by atoms with Crippen molar-refractivity contribution in [2.45, 2.75) is 19.3 Å². The second kappa shape index (κ2) is 9.78. The number of carboxylic acids is 1. The van der Waals surface area contributed by atoms with Crippen LogP contribution in [0.5, 0.6) is 0 Å². The maximum absolute atomic E-state index is 12.6. The fourth-order valence-electron chi connectivity index (χ4n) is 4.20. The molecule has 9 nitrogen and oxygen atoms in total. The summed E-state index contributed by atoms with van der Waals surface area (Å²) in [6.07, 6.45) is 0.986. The van der Waals surface area contributed by atoms with Crippen LogP contribution in [0.3, 0.4) is 0 Å². The molecule has 1 heterocycles. The lowest BCUT2D eigenvalue weighted by atomic mass is 9.98. The highest BCUT2D eigenvalue weighted by Gasteiger charge is 2.29. The standard InChI is InChI=1S/C25H26N4O5/c1-3-15(24(31)32)12-26-23(30)20-13-27-29(2)22(20)28-25(33)34-14-21-18-10-6-4-8-16(18)17-9-5-7-11-19(17)21/h4-11,13,15,21H,3,12,14H2,1-2H3,(H,26,30)(H,28,33)(H,31,32). The number of rotatable bonds is 8. The van der Waals surface area contributed by atoms with Crippen LogP contribution in [0.4, 0.5) is 10.6 Å². The summed E-state index contributed by atoms with van der Waals surface area (Å²) in [7, 11) is 1.59. The second-order valence-corrected chi connectivity index (χ2v) is 8.13. The van der Waals surface area contributed by atoms with Gasteiger partial charge in [-0.15, -0.1) is 0 Å². The Labute approximate surface area is 196 Å². The number of amides is 2. The van der Waals surface area contributed by atoms with Crippen LogP contribution in [0.1, 0.15) is 40.7 Å². The SMILES string of the molecule is CCC(CNC(=O)c1cnn(C)c1NC(=O)OCC1c2ccccc2-c2ccccc21)C(=O)O. The number of carbonyl (C=O) groups is 3. The van der Waals surface area contributed by atoms with Gasteiger partial charge in [-0.05, 0) is 28.7 Å². The van der Waals surface area contributed by atoms with E-state index in [9.17, 15) is 14.4 Å². The van der Waals surface area contributed by atoms with Gasteiger partial charge < -0.3 is 15.2 Å². The maximum atomic E-state index is 12.6. The topological polar surface area (TPSA) is 123 Å². The predicted molar refractivity (Wildman–Crippen MR) is 126 cm³/mol. The summed E-state index contributed by atoms with van der Waals surface area (Å²) < 4.78 is 6.90. The van der Waals surface area contributed by atoms with E-state index in [4.69, 9.17) is 9.84 Å². The highest BCUT2D eigenvalue weighted by atomic mass is 16.5. The van der Waals surface area contributed by atoms with Crippen LogP contribution in [0, 0.1) is 5.92 Å². The van der Waals surface area contributed by atoms with E-state index in [0.717, 1.165) is 22.3 Å². The lowest BCUT2D eigenvalue weighted by molar-refractivity contribution is -0.141. The smallest absolute Gasteiger partial charge is 0.412 e. The monoisotopic (exact) mass is 462 g/mol. The van der Waals surface area contributed by atoms with Crippen molar-refractivity contribution in [3.05, 3.63) is 71.4 Å². The quantitative estimate of drug-likeness (QED) is 0.470. The molecule has 1 unspecified atom stereocenters. The second-order valence-electron chi connectivity index (χ2n) is 8.13. The van der Waals surface area contributed by atoms with Crippen molar-refractivity contribution in [1.82, 2.24) is 15.1 Å². The summed E-state index contributed by atoms with van der Waals surface area (Å²) in [5, 5.41) is 18.4. The van der Waals surface area contributed by atoms with Crippen molar-refractivity contribution in [3.8, 4) is 11.1 Å². The summed E-state index contributed by atoms with van der Waals surface area (Å²) in [5.74, 6) is -2.13. The molecule has 2 amide bonds. The summed E-state index contributed by atoms with van der Waals surface area (Å²) in [4.78, 5) is 36.4. The van der Waals surface area contributed by atoms with Crippen LogP contribution in [0.25, 0.3) is 11.1 Å². The van der Waals surface area contributed by atoms with Crippen molar-refractivity contribution in [1.29, 1.82) is 0 Å². The maximum Gasteiger partial charge on any atom is 0.412 e. The third-order valence-electron chi connectivity index (χ3n) is 6.10. The molecule has 0 bridgehead atoms. The molecule has 9 heteroatoms. The number of carboxylic acid groups (broad SMARTS) is 1. The molecular weight excluding hydrogens is 436 g/mol. The Balaban J connectivity index is 1.42. The number of aromatic nitrogens is 2. The Kier molecular flexibility index (Phi) is 6.62. The zero-order valence-corrected chi connectivity index (χ0v) is 18.9.